The summed E-state index contributed by atoms with van der Waals surface area (Å²) in [6.45, 7) is 6.05. The lowest BCUT2D eigenvalue weighted by atomic mass is 9.96. The molecule has 1 heterocycles. The Balaban J connectivity index is 2.46. The van der Waals surface area contributed by atoms with E-state index >= 15 is 0 Å². The Kier molecular flexibility index (Phi) is 5.15. The maximum Gasteiger partial charge on any atom is 0.290 e. The fourth-order valence-electron chi connectivity index (χ4n) is 1.79. The predicted octanol–water partition coefficient (Wildman–Crippen LogP) is 1.51. The van der Waals surface area contributed by atoms with Crippen LogP contribution in [0.1, 0.15) is 42.8 Å². The number of rotatable bonds is 6. The quantitative estimate of drug-likeness (QED) is 0.790. The van der Waals surface area contributed by atoms with Crippen LogP contribution in [0.15, 0.2) is 10.7 Å². The highest BCUT2D eigenvalue weighted by Gasteiger charge is 2.19. The Morgan fingerprint density at radius 3 is 2.65 bits per heavy atom. The first-order valence-electron chi connectivity index (χ1n) is 5.97. The molecule has 0 radical (unpaired) electrons. The van der Waals surface area contributed by atoms with Crippen LogP contribution in [0.2, 0.25) is 0 Å². The standard InChI is InChI=1S/C12H20N2O3/c1-4-9(5-2)10(15)7-13-12(16)11-8(3)6-14-17-11/h6,9-10,15H,4-5,7H2,1-3H3,(H,13,16). The fourth-order valence-corrected chi connectivity index (χ4v) is 1.79. The maximum absolute atomic E-state index is 11.7. The van der Waals surface area contributed by atoms with Crippen molar-refractivity contribution in [3.05, 3.63) is 17.5 Å². The lowest BCUT2D eigenvalue weighted by Gasteiger charge is -2.19. The van der Waals surface area contributed by atoms with Crippen LogP contribution < -0.4 is 5.32 Å². The summed E-state index contributed by atoms with van der Waals surface area (Å²) in [5.41, 5.74) is 0.694. The molecule has 1 atom stereocenters. The number of aliphatic hydroxyl groups is 1. The summed E-state index contributed by atoms with van der Waals surface area (Å²) in [5.74, 6) is 0.0953. The molecule has 0 bridgehead atoms. The zero-order valence-electron chi connectivity index (χ0n) is 10.6. The van der Waals surface area contributed by atoms with E-state index in [2.05, 4.69) is 10.5 Å². The molecule has 5 nitrogen and oxygen atoms in total. The molecule has 0 aliphatic carbocycles. The summed E-state index contributed by atoms with van der Waals surface area (Å²) in [5, 5.41) is 16.1. The molecule has 0 spiro atoms. The van der Waals surface area contributed by atoms with Crippen LogP contribution in [0, 0.1) is 12.8 Å². The number of hydrogen-bond acceptors (Lipinski definition) is 4. The summed E-state index contributed by atoms with van der Waals surface area (Å²) in [7, 11) is 0. The second-order valence-corrected chi connectivity index (χ2v) is 4.19. The van der Waals surface area contributed by atoms with Crippen LogP contribution in [0.25, 0.3) is 0 Å². The molecule has 0 aromatic carbocycles. The number of aliphatic hydroxyl groups excluding tert-OH is 1. The van der Waals surface area contributed by atoms with Gasteiger partial charge in [0.25, 0.3) is 5.91 Å². The van der Waals surface area contributed by atoms with Crippen molar-refractivity contribution in [2.75, 3.05) is 6.54 Å². The monoisotopic (exact) mass is 240 g/mol. The molecular weight excluding hydrogens is 220 g/mol. The van der Waals surface area contributed by atoms with Crippen LogP contribution >= 0.6 is 0 Å². The summed E-state index contributed by atoms with van der Waals surface area (Å²) in [6.07, 6.45) is 2.77. The molecule has 0 saturated heterocycles. The smallest absolute Gasteiger partial charge is 0.290 e. The Morgan fingerprint density at radius 2 is 2.18 bits per heavy atom. The van der Waals surface area contributed by atoms with Crippen LogP contribution in [0.3, 0.4) is 0 Å². The van der Waals surface area contributed by atoms with Crippen molar-refractivity contribution in [3.63, 3.8) is 0 Å². The molecule has 17 heavy (non-hydrogen) atoms. The van der Waals surface area contributed by atoms with E-state index in [0.717, 1.165) is 12.8 Å². The number of aromatic nitrogens is 1. The molecule has 1 aromatic heterocycles. The second-order valence-electron chi connectivity index (χ2n) is 4.19. The predicted molar refractivity (Wildman–Crippen MR) is 63.7 cm³/mol. The first kappa shape index (κ1) is 13.7. The zero-order chi connectivity index (χ0) is 12.8. The van der Waals surface area contributed by atoms with Crippen LogP contribution in [0.5, 0.6) is 0 Å². The van der Waals surface area contributed by atoms with Gasteiger partial charge in [-0.25, -0.2) is 0 Å². The van der Waals surface area contributed by atoms with Gasteiger partial charge in [0.2, 0.25) is 5.76 Å². The van der Waals surface area contributed by atoms with Crippen molar-refractivity contribution in [1.29, 1.82) is 0 Å². The second kappa shape index (κ2) is 6.39. The van der Waals surface area contributed by atoms with Gasteiger partial charge in [-0.3, -0.25) is 4.79 Å². The molecule has 1 unspecified atom stereocenters. The molecule has 0 saturated carbocycles. The lowest BCUT2D eigenvalue weighted by molar-refractivity contribution is 0.0789. The van der Waals surface area contributed by atoms with Crippen molar-refractivity contribution in [1.82, 2.24) is 10.5 Å². The number of carbonyl (C=O) groups is 1. The normalized spacial score (nSPS) is 12.8. The Labute approximate surface area is 101 Å². The van der Waals surface area contributed by atoms with E-state index in [4.69, 9.17) is 4.52 Å². The highest BCUT2D eigenvalue weighted by molar-refractivity contribution is 5.92. The van der Waals surface area contributed by atoms with Crippen molar-refractivity contribution in [2.45, 2.75) is 39.7 Å². The average molecular weight is 240 g/mol. The molecule has 1 amide bonds. The van der Waals surface area contributed by atoms with Crippen LogP contribution in [-0.2, 0) is 0 Å². The van der Waals surface area contributed by atoms with Gasteiger partial charge in [0.05, 0.1) is 12.3 Å². The minimum atomic E-state index is -0.517. The van der Waals surface area contributed by atoms with E-state index in [1.54, 1.807) is 6.92 Å². The van der Waals surface area contributed by atoms with E-state index in [-0.39, 0.29) is 24.1 Å². The summed E-state index contributed by atoms with van der Waals surface area (Å²) in [6, 6.07) is 0. The van der Waals surface area contributed by atoms with Crippen molar-refractivity contribution < 1.29 is 14.4 Å². The topological polar surface area (TPSA) is 75.4 Å². The van der Waals surface area contributed by atoms with Crippen molar-refractivity contribution in [3.8, 4) is 0 Å². The van der Waals surface area contributed by atoms with Crippen LogP contribution in [0.4, 0.5) is 0 Å². The number of hydrogen-bond donors (Lipinski definition) is 2. The number of nitrogens with zero attached hydrogens (tertiary/aromatic N) is 1. The largest absolute Gasteiger partial charge is 0.391 e. The summed E-state index contributed by atoms with van der Waals surface area (Å²) in [4.78, 5) is 11.7. The Morgan fingerprint density at radius 1 is 1.53 bits per heavy atom. The molecule has 2 N–H and O–H groups in total. The van der Waals surface area contributed by atoms with E-state index < -0.39 is 6.10 Å². The number of nitrogens with one attached hydrogen (secondary N) is 1. The Bertz CT molecular complexity index is 358. The molecule has 0 aliphatic rings. The van der Waals surface area contributed by atoms with E-state index in [1.165, 1.54) is 6.20 Å². The van der Waals surface area contributed by atoms with Gasteiger partial charge in [-0.15, -0.1) is 0 Å². The van der Waals surface area contributed by atoms with E-state index in [1.807, 2.05) is 13.8 Å². The molecule has 96 valence electrons. The fraction of sp³-hybridized carbons (Fsp3) is 0.667. The van der Waals surface area contributed by atoms with E-state index in [0.29, 0.717) is 5.56 Å². The third-order valence-corrected chi connectivity index (χ3v) is 3.02. The van der Waals surface area contributed by atoms with Crippen LogP contribution in [-0.4, -0.2) is 28.8 Å². The van der Waals surface area contributed by atoms with Gasteiger partial charge in [-0.2, -0.15) is 0 Å². The summed E-state index contributed by atoms with van der Waals surface area (Å²) >= 11 is 0. The third-order valence-electron chi connectivity index (χ3n) is 3.02. The first-order valence-corrected chi connectivity index (χ1v) is 5.97. The highest BCUT2D eigenvalue weighted by atomic mass is 16.5. The first-order chi connectivity index (χ1) is 8.10. The number of carbonyl (C=O) groups excluding carboxylic acids is 1. The van der Waals surface area contributed by atoms with E-state index in [9.17, 15) is 9.90 Å². The summed E-state index contributed by atoms with van der Waals surface area (Å²) < 4.78 is 4.83. The average Bonchev–Trinajstić information content (AvgIpc) is 2.74. The number of amides is 1. The van der Waals surface area contributed by atoms with Crippen molar-refractivity contribution in [2.24, 2.45) is 5.92 Å². The molecule has 1 rings (SSSR count). The molecular formula is C12H20N2O3. The lowest BCUT2D eigenvalue weighted by Crippen LogP contribution is -2.36. The van der Waals surface area contributed by atoms with Gasteiger partial charge in [0.15, 0.2) is 0 Å². The zero-order valence-corrected chi connectivity index (χ0v) is 10.6. The SMILES string of the molecule is CCC(CC)C(O)CNC(=O)c1oncc1C. The molecule has 1 aromatic rings. The Hall–Kier alpha value is -1.36. The minimum absolute atomic E-state index is 0.210. The van der Waals surface area contributed by atoms with Gasteiger partial charge in [-0.1, -0.05) is 31.8 Å². The van der Waals surface area contributed by atoms with Crippen molar-refractivity contribution >= 4 is 5.91 Å². The maximum atomic E-state index is 11.7. The third kappa shape index (κ3) is 3.56. The molecule has 5 heteroatoms. The van der Waals surface area contributed by atoms with Gasteiger partial charge in [0.1, 0.15) is 0 Å². The van der Waals surface area contributed by atoms with Gasteiger partial charge < -0.3 is 14.9 Å². The molecule has 0 fully saturated rings. The highest BCUT2D eigenvalue weighted by Crippen LogP contribution is 2.12. The van der Waals surface area contributed by atoms with Gasteiger partial charge >= 0.3 is 0 Å². The van der Waals surface area contributed by atoms with Gasteiger partial charge in [0, 0.05) is 12.1 Å². The van der Waals surface area contributed by atoms with Gasteiger partial charge in [-0.05, 0) is 12.8 Å². The number of aryl methyl sites for hydroxylation is 1. The molecule has 0 aliphatic heterocycles. The minimum Gasteiger partial charge on any atom is -0.391 e.